The Morgan fingerprint density at radius 1 is 1.71 bits per heavy atom. The van der Waals surface area contributed by atoms with E-state index < -0.39 is 0 Å². The van der Waals surface area contributed by atoms with Gasteiger partial charge in [-0.25, -0.2) is 0 Å². The van der Waals surface area contributed by atoms with Gasteiger partial charge < -0.3 is 25.7 Å². The summed E-state index contributed by atoms with van der Waals surface area (Å²) < 4.78 is 10.9. The van der Waals surface area contributed by atoms with E-state index in [-0.39, 0.29) is 11.9 Å². The van der Waals surface area contributed by atoms with E-state index in [2.05, 4.69) is 17.4 Å². The second kappa shape index (κ2) is 7.47. The predicted octanol–water partition coefficient (Wildman–Crippen LogP) is 0.295. The maximum Gasteiger partial charge on any atom is 0.168 e. The molecule has 1 saturated heterocycles. The summed E-state index contributed by atoms with van der Waals surface area (Å²) in [5.41, 5.74) is 5.40. The van der Waals surface area contributed by atoms with E-state index in [0.717, 1.165) is 26.0 Å². The molecular weight excluding hydrogens is 222 g/mol. The van der Waals surface area contributed by atoms with Crippen molar-refractivity contribution in [3.8, 4) is 0 Å². The van der Waals surface area contributed by atoms with Gasteiger partial charge in [-0.05, 0) is 26.7 Å². The SMILES string of the molecule is CC1CC(NCCOC(C)C(N)=NO)CCO1. The fraction of sp³-hybridized carbons (Fsp3) is 0.909. The Balaban J connectivity index is 2.07. The lowest BCUT2D eigenvalue weighted by Crippen LogP contribution is -2.40. The monoisotopic (exact) mass is 245 g/mol. The van der Waals surface area contributed by atoms with Crippen molar-refractivity contribution in [3.63, 3.8) is 0 Å². The molecule has 0 aromatic rings. The van der Waals surface area contributed by atoms with Gasteiger partial charge in [0.15, 0.2) is 5.84 Å². The molecule has 6 heteroatoms. The first-order chi connectivity index (χ1) is 8.13. The lowest BCUT2D eigenvalue weighted by molar-refractivity contribution is 0.0112. The number of ether oxygens (including phenoxy) is 2. The summed E-state index contributed by atoms with van der Waals surface area (Å²) in [7, 11) is 0. The van der Waals surface area contributed by atoms with Gasteiger partial charge in [-0.3, -0.25) is 0 Å². The highest BCUT2D eigenvalue weighted by molar-refractivity contribution is 5.83. The molecule has 0 aromatic carbocycles. The van der Waals surface area contributed by atoms with Crippen LogP contribution in [-0.4, -0.2) is 49.1 Å². The Labute approximate surface area is 102 Å². The summed E-state index contributed by atoms with van der Waals surface area (Å²) in [5, 5.41) is 14.8. The fourth-order valence-electron chi connectivity index (χ4n) is 1.85. The number of nitrogens with two attached hydrogens (primary N) is 1. The zero-order valence-electron chi connectivity index (χ0n) is 10.6. The van der Waals surface area contributed by atoms with Gasteiger partial charge in [0.2, 0.25) is 0 Å². The molecule has 0 aromatic heterocycles. The Morgan fingerprint density at radius 3 is 3.12 bits per heavy atom. The number of amidine groups is 1. The minimum Gasteiger partial charge on any atom is -0.409 e. The number of rotatable bonds is 6. The van der Waals surface area contributed by atoms with Crippen LogP contribution in [0, 0.1) is 0 Å². The topological polar surface area (TPSA) is 89.1 Å². The van der Waals surface area contributed by atoms with E-state index in [1.807, 2.05) is 0 Å². The van der Waals surface area contributed by atoms with Crippen LogP contribution in [0.2, 0.25) is 0 Å². The lowest BCUT2D eigenvalue weighted by Gasteiger charge is -2.28. The van der Waals surface area contributed by atoms with Crippen molar-refractivity contribution >= 4 is 5.84 Å². The third-order valence-electron chi connectivity index (χ3n) is 2.92. The minimum absolute atomic E-state index is 0.102. The van der Waals surface area contributed by atoms with Crippen LogP contribution in [-0.2, 0) is 9.47 Å². The maximum atomic E-state index is 8.45. The molecule has 4 N–H and O–H groups in total. The van der Waals surface area contributed by atoms with Crippen molar-refractivity contribution in [1.29, 1.82) is 0 Å². The van der Waals surface area contributed by atoms with E-state index >= 15 is 0 Å². The second-order valence-electron chi connectivity index (χ2n) is 4.39. The van der Waals surface area contributed by atoms with Crippen molar-refractivity contribution in [2.45, 2.75) is 44.9 Å². The zero-order chi connectivity index (χ0) is 12.7. The first-order valence-corrected chi connectivity index (χ1v) is 6.07. The standard InChI is InChI=1S/C11H23N3O3/c1-8-7-10(3-5-16-8)13-4-6-17-9(2)11(12)14-15/h8-10,13,15H,3-7H2,1-2H3,(H2,12,14). The Hall–Kier alpha value is -0.850. The molecule has 0 aliphatic carbocycles. The highest BCUT2D eigenvalue weighted by Crippen LogP contribution is 2.12. The second-order valence-corrected chi connectivity index (χ2v) is 4.39. The van der Waals surface area contributed by atoms with Gasteiger partial charge in [-0.15, -0.1) is 0 Å². The first-order valence-electron chi connectivity index (χ1n) is 6.07. The predicted molar refractivity (Wildman–Crippen MR) is 65.3 cm³/mol. The Morgan fingerprint density at radius 2 is 2.47 bits per heavy atom. The van der Waals surface area contributed by atoms with Gasteiger partial charge in [-0.2, -0.15) is 0 Å². The quantitative estimate of drug-likeness (QED) is 0.206. The van der Waals surface area contributed by atoms with E-state index in [1.54, 1.807) is 6.92 Å². The van der Waals surface area contributed by atoms with Crippen LogP contribution in [0.3, 0.4) is 0 Å². The molecule has 1 aliphatic heterocycles. The normalized spacial score (nSPS) is 28.0. The molecular formula is C11H23N3O3. The van der Waals surface area contributed by atoms with Crippen LogP contribution in [0.5, 0.6) is 0 Å². The van der Waals surface area contributed by atoms with Crippen LogP contribution < -0.4 is 11.1 Å². The number of nitrogens with one attached hydrogen (secondary N) is 1. The molecule has 3 unspecified atom stereocenters. The van der Waals surface area contributed by atoms with Gasteiger partial charge in [0.05, 0.1) is 12.7 Å². The van der Waals surface area contributed by atoms with Gasteiger partial charge in [0, 0.05) is 19.2 Å². The van der Waals surface area contributed by atoms with Crippen molar-refractivity contribution in [2.24, 2.45) is 10.9 Å². The van der Waals surface area contributed by atoms with Crippen LogP contribution in [0.25, 0.3) is 0 Å². The first kappa shape index (κ1) is 14.2. The van der Waals surface area contributed by atoms with Crippen LogP contribution in [0.1, 0.15) is 26.7 Å². The van der Waals surface area contributed by atoms with Crippen molar-refractivity contribution in [2.75, 3.05) is 19.8 Å². The van der Waals surface area contributed by atoms with E-state index in [4.69, 9.17) is 20.4 Å². The van der Waals surface area contributed by atoms with Gasteiger partial charge in [0.1, 0.15) is 6.10 Å². The highest BCUT2D eigenvalue weighted by Gasteiger charge is 2.18. The summed E-state index contributed by atoms with van der Waals surface area (Å²) >= 11 is 0. The smallest absolute Gasteiger partial charge is 0.168 e. The minimum atomic E-state index is -0.351. The van der Waals surface area contributed by atoms with E-state index in [9.17, 15) is 0 Å². The fourth-order valence-corrected chi connectivity index (χ4v) is 1.85. The van der Waals surface area contributed by atoms with E-state index in [1.165, 1.54) is 0 Å². The number of hydrogen-bond donors (Lipinski definition) is 3. The molecule has 1 fully saturated rings. The molecule has 0 amide bonds. The maximum absolute atomic E-state index is 8.45. The Bertz CT molecular complexity index is 248. The molecule has 1 aliphatic rings. The molecule has 100 valence electrons. The summed E-state index contributed by atoms with van der Waals surface area (Å²) in [6, 6.07) is 0.501. The lowest BCUT2D eigenvalue weighted by atomic mass is 10.0. The third-order valence-corrected chi connectivity index (χ3v) is 2.92. The van der Waals surface area contributed by atoms with Crippen molar-refractivity contribution in [3.05, 3.63) is 0 Å². The highest BCUT2D eigenvalue weighted by atomic mass is 16.5. The zero-order valence-corrected chi connectivity index (χ0v) is 10.6. The van der Waals surface area contributed by atoms with Gasteiger partial charge >= 0.3 is 0 Å². The van der Waals surface area contributed by atoms with Crippen molar-refractivity contribution in [1.82, 2.24) is 5.32 Å². The molecule has 0 spiro atoms. The van der Waals surface area contributed by atoms with Gasteiger partial charge in [0.25, 0.3) is 0 Å². The molecule has 1 rings (SSSR count). The summed E-state index contributed by atoms with van der Waals surface area (Å²) in [6.07, 6.45) is 2.06. The van der Waals surface area contributed by atoms with Gasteiger partial charge in [-0.1, -0.05) is 5.16 Å². The third kappa shape index (κ3) is 5.34. The molecule has 0 bridgehead atoms. The van der Waals surface area contributed by atoms with Crippen LogP contribution in [0.15, 0.2) is 5.16 Å². The Kier molecular flexibility index (Phi) is 6.25. The number of nitrogens with zero attached hydrogens (tertiary/aromatic N) is 1. The molecule has 0 saturated carbocycles. The van der Waals surface area contributed by atoms with Crippen LogP contribution in [0.4, 0.5) is 0 Å². The summed E-state index contributed by atoms with van der Waals surface area (Å²) in [5.74, 6) is 0.102. The molecule has 1 heterocycles. The molecule has 6 nitrogen and oxygen atoms in total. The number of hydrogen-bond acceptors (Lipinski definition) is 5. The van der Waals surface area contributed by atoms with Crippen molar-refractivity contribution < 1.29 is 14.7 Å². The number of oxime groups is 1. The largest absolute Gasteiger partial charge is 0.409 e. The molecule has 0 radical (unpaired) electrons. The van der Waals surface area contributed by atoms with E-state index in [0.29, 0.717) is 18.8 Å². The summed E-state index contributed by atoms with van der Waals surface area (Å²) in [6.45, 7) is 5.97. The molecule has 17 heavy (non-hydrogen) atoms. The average Bonchev–Trinajstić information content (AvgIpc) is 2.33. The average molecular weight is 245 g/mol. The molecule has 3 atom stereocenters. The summed E-state index contributed by atoms with van der Waals surface area (Å²) in [4.78, 5) is 0. The van der Waals surface area contributed by atoms with Crippen LogP contribution >= 0.6 is 0 Å².